The van der Waals surface area contributed by atoms with E-state index in [2.05, 4.69) is 226 Å². The van der Waals surface area contributed by atoms with E-state index in [1.807, 2.05) is 6.08 Å². The fourth-order valence-corrected chi connectivity index (χ4v) is 6.73. The smallest absolute Gasteiger partial charge is 0.0455 e. The highest BCUT2D eigenvalue weighted by Gasteiger charge is 2.20. The zero-order valence-corrected chi connectivity index (χ0v) is 31.3. The van der Waals surface area contributed by atoms with Gasteiger partial charge in [-0.3, -0.25) is 0 Å². The summed E-state index contributed by atoms with van der Waals surface area (Å²) in [5.41, 5.74) is 15.5. The molecule has 1 aliphatic carbocycles. The van der Waals surface area contributed by atoms with Crippen LogP contribution in [0.15, 0.2) is 213 Å². The summed E-state index contributed by atoms with van der Waals surface area (Å²) in [6.45, 7) is 8.32. The number of allylic oxidation sites excluding steroid dienone is 10. The van der Waals surface area contributed by atoms with Gasteiger partial charge in [-0.1, -0.05) is 170 Å². The Kier molecular flexibility index (Phi) is 11.6. The van der Waals surface area contributed by atoms with Gasteiger partial charge in [-0.2, -0.15) is 0 Å². The summed E-state index contributed by atoms with van der Waals surface area (Å²) in [6, 6.07) is 54.3. The van der Waals surface area contributed by atoms with Crippen molar-refractivity contribution in [2.75, 3.05) is 4.90 Å². The lowest BCUT2D eigenvalue weighted by Crippen LogP contribution is -2.08. The zero-order chi connectivity index (χ0) is 37.1. The first-order valence-corrected chi connectivity index (χ1v) is 18.9. The molecule has 0 saturated heterocycles. The van der Waals surface area contributed by atoms with Crippen molar-refractivity contribution in [1.82, 2.24) is 0 Å². The Labute approximate surface area is 322 Å². The van der Waals surface area contributed by atoms with Gasteiger partial charge >= 0.3 is 0 Å². The molecule has 1 fully saturated rings. The highest BCUT2D eigenvalue weighted by molar-refractivity contribution is 5.83. The molecule has 6 aromatic rings. The SMILES string of the molecule is C=C/C=C(\C=CN(c1ccccc1)c1ccc(-c2ccc(-c3ccc(-c4ccccc4)cc3)cc2)cc1)c1ccc(C)c(C(/C=C\C=C/C)=C\C2CC2)c1. The van der Waals surface area contributed by atoms with Crippen LogP contribution >= 0.6 is 0 Å². The van der Waals surface area contributed by atoms with Crippen LogP contribution in [0.5, 0.6) is 0 Å². The molecule has 0 amide bonds. The van der Waals surface area contributed by atoms with Gasteiger partial charge in [-0.15, -0.1) is 0 Å². The van der Waals surface area contributed by atoms with Crippen molar-refractivity contribution in [3.8, 4) is 33.4 Å². The summed E-state index contributed by atoms with van der Waals surface area (Å²) in [5.74, 6) is 0.676. The van der Waals surface area contributed by atoms with Crippen molar-refractivity contribution < 1.29 is 0 Å². The Hall–Kier alpha value is -6.44. The number of hydrogen-bond acceptors (Lipinski definition) is 1. The topological polar surface area (TPSA) is 3.24 Å². The average Bonchev–Trinajstić information content (AvgIpc) is 4.06. The molecule has 0 N–H and O–H groups in total. The molecule has 1 saturated carbocycles. The summed E-state index contributed by atoms with van der Waals surface area (Å²) >= 11 is 0. The lowest BCUT2D eigenvalue weighted by Gasteiger charge is -2.22. The summed E-state index contributed by atoms with van der Waals surface area (Å²) in [7, 11) is 0. The zero-order valence-electron chi connectivity index (χ0n) is 31.3. The third-order valence-corrected chi connectivity index (χ3v) is 9.92. The maximum atomic E-state index is 4.06. The lowest BCUT2D eigenvalue weighted by molar-refractivity contribution is 1.13. The van der Waals surface area contributed by atoms with Gasteiger partial charge in [0.2, 0.25) is 0 Å². The first-order valence-electron chi connectivity index (χ1n) is 18.9. The van der Waals surface area contributed by atoms with E-state index in [-0.39, 0.29) is 0 Å². The van der Waals surface area contributed by atoms with E-state index in [1.54, 1.807) is 0 Å². The van der Waals surface area contributed by atoms with Crippen molar-refractivity contribution in [3.05, 3.63) is 230 Å². The molecule has 0 aliphatic heterocycles. The third-order valence-electron chi connectivity index (χ3n) is 9.92. The minimum atomic E-state index is 0.676. The minimum Gasteiger partial charge on any atom is -0.317 e. The number of aryl methyl sites for hydroxylation is 1. The molecule has 1 heteroatoms. The second-order valence-corrected chi connectivity index (χ2v) is 13.8. The molecule has 6 aromatic carbocycles. The highest BCUT2D eigenvalue weighted by Crippen LogP contribution is 2.36. The van der Waals surface area contributed by atoms with Gasteiger partial charge in [0.15, 0.2) is 0 Å². The number of benzene rings is 6. The number of nitrogens with zero attached hydrogens (tertiary/aromatic N) is 1. The van der Waals surface area contributed by atoms with E-state index >= 15 is 0 Å². The number of rotatable bonds is 13. The molecule has 1 aliphatic rings. The molecule has 7 rings (SSSR count). The van der Waals surface area contributed by atoms with Crippen molar-refractivity contribution in [2.24, 2.45) is 5.92 Å². The van der Waals surface area contributed by atoms with Crippen LogP contribution in [0.4, 0.5) is 11.4 Å². The first-order chi connectivity index (χ1) is 26.6. The summed E-state index contributed by atoms with van der Waals surface area (Å²) in [4.78, 5) is 2.25. The number of anilines is 2. The van der Waals surface area contributed by atoms with Crippen molar-refractivity contribution in [2.45, 2.75) is 26.7 Å². The molecule has 0 atom stereocenters. The normalized spacial score (nSPS) is 13.6. The molecule has 0 radical (unpaired) electrons. The molecule has 0 heterocycles. The van der Waals surface area contributed by atoms with Crippen molar-refractivity contribution in [3.63, 3.8) is 0 Å². The van der Waals surface area contributed by atoms with Crippen LogP contribution in [0.2, 0.25) is 0 Å². The summed E-state index contributed by atoms with van der Waals surface area (Å²) in [5, 5.41) is 0. The van der Waals surface area contributed by atoms with Crippen LogP contribution in [0.1, 0.15) is 36.5 Å². The van der Waals surface area contributed by atoms with Crippen LogP contribution in [0.25, 0.3) is 44.5 Å². The summed E-state index contributed by atoms with van der Waals surface area (Å²) < 4.78 is 0. The van der Waals surface area contributed by atoms with Gasteiger partial charge in [0.05, 0.1) is 0 Å². The van der Waals surface area contributed by atoms with Crippen LogP contribution in [0.3, 0.4) is 0 Å². The monoisotopic (exact) mass is 697 g/mol. The molecule has 54 heavy (non-hydrogen) atoms. The van der Waals surface area contributed by atoms with Crippen molar-refractivity contribution in [1.29, 1.82) is 0 Å². The number of para-hydroxylation sites is 1. The van der Waals surface area contributed by atoms with E-state index in [9.17, 15) is 0 Å². The molecule has 264 valence electrons. The second kappa shape index (κ2) is 17.4. The van der Waals surface area contributed by atoms with Gasteiger partial charge < -0.3 is 4.90 Å². The minimum absolute atomic E-state index is 0.676. The Morgan fingerprint density at radius 3 is 1.63 bits per heavy atom. The van der Waals surface area contributed by atoms with Gasteiger partial charge in [-0.25, -0.2) is 0 Å². The standard InChI is InChI=1S/C53H47N/c1-4-6-9-17-50(38-41-21-22-41)53-39-49(23-20-40(53)3)42(14-5-2)36-37-54(51-18-12-8-13-19-51)52-34-32-48(33-35-52)47-30-28-46(29-31-47)45-26-24-44(25-27-45)43-15-10-7-11-16-43/h4-20,23-39,41H,2,21-22H2,1,3H3/b6-4-,17-9-,37-36?,42-14+,50-38-. The van der Waals surface area contributed by atoms with E-state index in [0.717, 1.165) is 22.5 Å². The Bertz CT molecular complexity index is 2310. The van der Waals surface area contributed by atoms with Gasteiger partial charge in [-0.05, 0) is 130 Å². The van der Waals surface area contributed by atoms with Crippen molar-refractivity contribution >= 4 is 22.5 Å². The molecule has 0 bridgehead atoms. The highest BCUT2D eigenvalue weighted by atomic mass is 15.1. The maximum absolute atomic E-state index is 4.06. The average molecular weight is 698 g/mol. The van der Waals surface area contributed by atoms with Gasteiger partial charge in [0.25, 0.3) is 0 Å². The maximum Gasteiger partial charge on any atom is 0.0455 e. The molecule has 0 spiro atoms. The molecular weight excluding hydrogens is 651 g/mol. The van der Waals surface area contributed by atoms with Crippen LogP contribution < -0.4 is 4.90 Å². The van der Waals surface area contributed by atoms with Crippen LogP contribution in [-0.4, -0.2) is 0 Å². The fourth-order valence-electron chi connectivity index (χ4n) is 6.73. The van der Waals surface area contributed by atoms with E-state index in [1.165, 1.54) is 62.9 Å². The van der Waals surface area contributed by atoms with E-state index in [0.29, 0.717) is 5.92 Å². The molecular formula is C53H47N. The third kappa shape index (κ3) is 8.95. The first kappa shape index (κ1) is 35.9. The van der Waals surface area contributed by atoms with Crippen LogP contribution in [0, 0.1) is 12.8 Å². The largest absolute Gasteiger partial charge is 0.317 e. The molecule has 1 nitrogen and oxygen atoms in total. The fraction of sp³-hybridized carbons (Fsp3) is 0.0943. The van der Waals surface area contributed by atoms with Gasteiger partial charge in [0, 0.05) is 17.6 Å². The van der Waals surface area contributed by atoms with Crippen LogP contribution in [-0.2, 0) is 0 Å². The molecule has 0 aromatic heterocycles. The Morgan fingerprint density at radius 1 is 0.574 bits per heavy atom. The lowest BCUT2D eigenvalue weighted by atomic mass is 9.93. The Balaban J connectivity index is 1.13. The second-order valence-electron chi connectivity index (χ2n) is 13.8. The van der Waals surface area contributed by atoms with E-state index in [4.69, 9.17) is 0 Å². The number of hydrogen-bond donors (Lipinski definition) is 0. The Morgan fingerprint density at radius 2 is 1.09 bits per heavy atom. The quantitative estimate of drug-likeness (QED) is 0.109. The summed E-state index contributed by atoms with van der Waals surface area (Å²) in [6.07, 6.45) is 21.9. The van der Waals surface area contributed by atoms with Gasteiger partial charge in [0.1, 0.15) is 0 Å². The van der Waals surface area contributed by atoms with E-state index < -0.39 is 0 Å². The predicted octanol–water partition coefficient (Wildman–Crippen LogP) is 14.8. The predicted molar refractivity (Wildman–Crippen MR) is 234 cm³/mol. The molecule has 0 unspecified atom stereocenters.